The zero-order valence-electron chi connectivity index (χ0n) is 15.8. The van der Waals surface area contributed by atoms with Crippen molar-refractivity contribution in [3.63, 3.8) is 0 Å². The van der Waals surface area contributed by atoms with Crippen LogP contribution in [-0.2, 0) is 6.54 Å². The molecule has 1 aliphatic heterocycles. The zero-order valence-corrected chi connectivity index (χ0v) is 16.6. The highest BCUT2D eigenvalue weighted by molar-refractivity contribution is 7.13. The first-order valence-electron chi connectivity index (χ1n) is 9.32. The van der Waals surface area contributed by atoms with Gasteiger partial charge in [0.25, 0.3) is 0 Å². The number of hydrogen-bond donors (Lipinski definition) is 1. The number of rotatable bonds is 3. The van der Waals surface area contributed by atoms with Crippen molar-refractivity contribution in [1.29, 1.82) is 0 Å². The van der Waals surface area contributed by atoms with Crippen molar-refractivity contribution in [2.45, 2.75) is 13.5 Å². The second-order valence-electron chi connectivity index (χ2n) is 7.00. The van der Waals surface area contributed by atoms with Gasteiger partial charge in [-0.15, -0.1) is 11.3 Å². The standard InChI is InChI=1S/C23H18N4OS/c1-15-3-2-4-17(11-15)18-5-6-19-13-27(23(28)25-20(19)12-18)21-14-29-22(26-21)16-7-9-24-10-8-16/h2-12,14H,13H2,1H3,(H,25,28). The van der Waals surface area contributed by atoms with Crippen molar-refractivity contribution in [3.8, 4) is 21.7 Å². The summed E-state index contributed by atoms with van der Waals surface area (Å²) in [5.74, 6) is 0.660. The van der Waals surface area contributed by atoms with Crippen LogP contribution < -0.4 is 10.2 Å². The number of nitrogens with zero attached hydrogens (tertiary/aromatic N) is 3. The molecule has 0 unspecified atom stereocenters. The summed E-state index contributed by atoms with van der Waals surface area (Å²) in [5, 5.41) is 5.81. The molecular weight excluding hydrogens is 380 g/mol. The van der Waals surface area contributed by atoms with Crippen LogP contribution in [0.4, 0.5) is 16.3 Å². The van der Waals surface area contributed by atoms with Gasteiger partial charge in [0.05, 0.1) is 6.54 Å². The van der Waals surface area contributed by atoms with E-state index in [0.717, 1.165) is 32.9 Å². The Morgan fingerprint density at radius 3 is 2.66 bits per heavy atom. The van der Waals surface area contributed by atoms with Crippen LogP contribution in [0.1, 0.15) is 11.1 Å². The quantitative estimate of drug-likeness (QED) is 0.479. The summed E-state index contributed by atoms with van der Waals surface area (Å²) < 4.78 is 0. The molecule has 142 valence electrons. The Morgan fingerprint density at radius 1 is 1.00 bits per heavy atom. The number of aromatic nitrogens is 2. The molecule has 0 aliphatic carbocycles. The number of aryl methyl sites for hydroxylation is 1. The van der Waals surface area contributed by atoms with Crippen LogP contribution in [-0.4, -0.2) is 16.0 Å². The maximum atomic E-state index is 12.8. The van der Waals surface area contributed by atoms with Crippen molar-refractivity contribution in [2.75, 3.05) is 10.2 Å². The molecule has 2 amide bonds. The Morgan fingerprint density at radius 2 is 1.83 bits per heavy atom. The number of amides is 2. The number of hydrogen-bond acceptors (Lipinski definition) is 4. The summed E-state index contributed by atoms with van der Waals surface area (Å²) >= 11 is 1.52. The zero-order chi connectivity index (χ0) is 19.8. The molecule has 5 nitrogen and oxygen atoms in total. The van der Waals surface area contributed by atoms with Gasteiger partial charge in [-0.3, -0.25) is 9.88 Å². The van der Waals surface area contributed by atoms with E-state index in [4.69, 9.17) is 0 Å². The Bertz CT molecular complexity index is 1200. The third kappa shape index (κ3) is 3.39. The molecular formula is C23H18N4OS. The van der Waals surface area contributed by atoms with Crippen LogP contribution in [0, 0.1) is 6.92 Å². The fraction of sp³-hybridized carbons (Fsp3) is 0.0870. The van der Waals surface area contributed by atoms with E-state index in [-0.39, 0.29) is 6.03 Å². The average molecular weight is 398 g/mol. The van der Waals surface area contributed by atoms with Gasteiger partial charge in [-0.1, -0.05) is 42.0 Å². The number of thiazole rings is 1. The number of benzene rings is 2. The van der Waals surface area contributed by atoms with Crippen molar-refractivity contribution >= 4 is 28.9 Å². The molecule has 5 rings (SSSR count). The summed E-state index contributed by atoms with van der Waals surface area (Å²) in [5.41, 5.74) is 6.37. The van der Waals surface area contributed by atoms with E-state index >= 15 is 0 Å². The Balaban J connectivity index is 1.43. The molecule has 0 saturated carbocycles. The average Bonchev–Trinajstić information content (AvgIpc) is 3.23. The molecule has 0 spiro atoms. The molecule has 2 aromatic heterocycles. The molecule has 0 radical (unpaired) electrons. The Labute approximate surface area is 172 Å². The third-order valence-electron chi connectivity index (χ3n) is 4.97. The maximum absolute atomic E-state index is 12.8. The fourth-order valence-corrected chi connectivity index (χ4v) is 4.28. The number of fused-ring (bicyclic) bond motifs is 1. The number of urea groups is 1. The van der Waals surface area contributed by atoms with Crippen molar-refractivity contribution in [3.05, 3.63) is 83.5 Å². The van der Waals surface area contributed by atoms with E-state index in [2.05, 4.69) is 52.5 Å². The van der Waals surface area contributed by atoms with Gasteiger partial charge in [0.1, 0.15) is 10.8 Å². The largest absolute Gasteiger partial charge is 0.327 e. The van der Waals surface area contributed by atoms with Gasteiger partial charge >= 0.3 is 6.03 Å². The molecule has 4 aromatic rings. The lowest BCUT2D eigenvalue weighted by atomic mass is 10.00. The molecule has 29 heavy (non-hydrogen) atoms. The summed E-state index contributed by atoms with van der Waals surface area (Å²) in [7, 11) is 0. The van der Waals surface area contributed by atoms with Crippen molar-refractivity contribution in [2.24, 2.45) is 0 Å². The highest BCUT2D eigenvalue weighted by atomic mass is 32.1. The first kappa shape index (κ1) is 17.6. The first-order valence-corrected chi connectivity index (χ1v) is 10.2. The van der Waals surface area contributed by atoms with E-state index in [9.17, 15) is 4.79 Å². The minimum absolute atomic E-state index is 0.162. The van der Waals surface area contributed by atoms with E-state index in [0.29, 0.717) is 12.4 Å². The Hall–Kier alpha value is -3.51. The Kier molecular flexibility index (Phi) is 4.33. The predicted molar refractivity (Wildman–Crippen MR) is 117 cm³/mol. The van der Waals surface area contributed by atoms with Crippen LogP contribution >= 0.6 is 11.3 Å². The van der Waals surface area contributed by atoms with Crippen LogP contribution in [0.15, 0.2) is 72.4 Å². The minimum Gasteiger partial charge on any atom is -0.307 e. The van der Waals surface area contributed by atoms with Gasteiger partial charge in [-0.25, -0.2) is 9.78 Å². The number of carbonyl (C=O) groups excluding carboxylic acids is 1. The molecule has 1 aliphatic rings. The van der Waals surface area contributed by atoms with Crippen LogP contribution in [0.5, 0.6) is 0 Å². The summed E-state index contributed by atoms with van der Waals surface area (Å²) in [6, 6.07) is 18.3. The first-order chi connectivity index (χ1) is 14.2. The SMILES string of the molecule is Cc1cccc(-c2ccc3c(c2)NC(=O)N(c2csc(-c4ccncc4)n2)C3)c1. The molecule has 3 heterocycles. The van der Waals surface area contributed by atoms with Gasteiger partial charge in [-0.2, -0.15) is 0 Å². The second-order valence-corrected chi connectivity index (χ2v) is 7.86. The van der Waals surface area contributed by atoms with E-state index in [1.807, 2.05) is 29.6 Å². The van der Waals surface area contributed by atoms with E-state index < -0.39 is 0 Å². The molecule has 0 atom stereocenters. The highest BCUT2D eigenvalue weighted by Gasteiger charge is 2.26. The maximum Gasteiger partial charge on any atom is 0.327 e. The molecule has 2 aromatic carbocycles. The smallest absolute Gasteiger partial charge is 0.307 e. The second kappa shape index (κ2) is 7.14. The van der Waals surface area contributed by atoms with Gasteiger partial charge in [0.15, 0.2) is 0 Å². The highest BCUT2D eigenvalue weighted by Crippen LogP contribution is 2.33. The lowest BCUT2D eigenvalue weighted by Gasteiger charge is -2.28. The lowest BCUT2D eigenvalue weighted by molar-refractivity contribution is 0.256. The summed E-state index contributed by atoms with van der Waals surface area (Å²) in [6.45, 7) is 2.57. The van der Waals surface area contributed by atoms with Crippen LogP contribution in [0.25, 0.3) is 21.7 Å². The van der Waals surface area contributed by atoms with Crippen molar-refractivity contribution in [1.82, 2.24) is 9.97 Å². The summed E-state index contributed by atoms with van der Waals surface area (Å²) in [6.07, 6.45) is 3.48. The lowest BCUT2D eigenvalue weighted by Crippen LogP contribution is -2.38. The van der Waals surface area contributed by atoms with Gasteiger partial charge in [-0.05, 0) is 41.8 Å². The molecule has 1 N–H and O–H groups in total. The van der Waals surface area contributed by atoms with E-state index in [1.54, 1.807) is 17.3 Å². The monoisotopic (exact) mass is 398 g/mol. The van der Waals surface area contributed by atoms with Crippen molar-refractivity contribution < 1.29 is 4.79 Å². The van der Waals surface area contributed by atoms with E-state index in [1.165, 1.54) is 16.9 Å². The molecule has 0 bridgehead atoms. The van der Waals surface area contributed by atoms with Gasteiger partial charge < -0.3 is 5.32 Å². The molecule has 0 saturated heterocycles. The fourth-order valence-electron chi connectivity index (χ4n) is 3.46. The minimum atomic E-state index is -0.162. The summed E-state index contributed by atoms with van der Waals surface area (Å²) in [4.78, 5) is 23.1. The van der Waals surface area contributed by atoms with Crippen LogP contribution in [0.2, 0.25) is 0 Å². The topological polar surface area (TPSA) is 58.1 Å². The van der Waals surface area contributed by atoms with Gasteiger partial charge in [0, 0.05) is 29.0 Å². The third-order valence-corrected chi connectivity index (χ3v) is 5.85. The number of nitrogens with one attached hydrogen (secondary N) is 1. The predicted octanol–water partition coefficient (Wildman–Crippen LogP) is 5.73. The number of pyridine rings is 1. The number of carbonyl (C=O) groups is 1. The molecule has 0 fully saturated rings. The van der Waals surface area contributed by atoms with Crippen LogP contribution in [0.3, 0.4) is 0 Å². The normalized spacial score (nSPS) is 13.1. The number of anilines is 2. The van der Waals surface area contributed by atoms with Gasteiger partial charge in [0.2, 0.25) is 0 Å². The molecule has 6 heteroatoms.